The van der Waals surface area contributed by atoms with Crippen molar-refractivity contribution in [3.8, 4) is 0 Å². The number of ether oxygens (including phenoxy) is 1. The Hall–Kier alpha value is -2.96. The third-order valence-corrected chi connectivity index (χ3v) is 4.55. The molecule has 150 valence electrons. The van der Waals surface area contributed by atoms with Gasteiger partial charge in [0.15, 0.2) is 0 Å². The molecule has 0 bridgehead atoms. The number of ketones is 1. The first-order valence-corrected chi connectivity index (χ1v) is 9.08. The number of halogens is 1. The van der Waals surface area contributed by atoms with Crippen molar-refractivity contribution < 1.29 is 23.5 Å². The van der Waals surface area contributed by atoms with Gasteiger partial charge in [-0.2, -0.15) is 0 Å². The number of nitrogens with zero attached hydrogens (tertiary/aromatic N) is 1. The maximum Gasteiger partial charge on any atom is 0.381 e. The zero-order valence-corrected chi connectivity index (χ0v) is 17.0. The number of aromatic nitrogens is 1. The fourth-order valence-electron chi connectivity index (χ4n) is 3.34. The Balaban J connectivity index is 2.52. The van der Waals surface area contributed by atoms with E-state index >= 15 is 0 Å². The van der Waals surface area contributed by atoms with Gasteiger partial charge in [0.25, 0.3) is 11.7 Å². The molecular weight excluding hydrogens is 363 g/mol. The fourth-order valence-corrected chi connectivity index (χ4v) is 3.34. The number of aryl methyl sites for hydroxylation is 1. The van der Waals surface area contributed by atoms with E-state index in [1.54, 1.807) is 32.4 Å². The number of esters is 1. The van der Waals surface area contributed by atoms with Crippen LogP contribution in [0.4, 0.5) is 10.1 Å². The summed E-state index contributed by atoms with van der Waals surface area (Å²) < 4.78 is 19.9. The first-order chi connectivity index (χ1) is 13.1. The van der Waals surface area contributed by atoms with Crippen LogP contribution in [-0.2, 0) is 16.6 Å². The highest BCUT2D eigenvalue weighted by Gasteiger charge is 2.31. The Morgan fingerprint density at radius 3 is 2.39 bits per heavy atom. The summed E-state index contributed by atoms with van der Waals surface area (Å²) >= 11 is 0. The molecule has 0 fully saturated rings. The predicted molar refractivity (Wildman–Crippen MR) is 104 cm³/mol. The van der Waals surface area contributed by atoms with Crippen LogP contribution in [0.25, 0.3) is 0 Å². The van der Waals surface area contributed by atoms with Gasteiger partial charge >= 0.3 is 5.97 Å². The highest BCUT2D eigenvalue weighted by atomic mass is 19.1. The molecule has 1 aromatic carbocycles. The number of hydrogen-bond acceptors (Lipinski definition) is 4. The van der Waals surface area contributed by atoms with Gasteiger partial charge in [0, 0.05) is 18.4 Å². The van der Waals surface area contributed by atoms with Crippen LogP contribution in [0.15, 0.2) is 18.2 Å². The molecular formula is C21H25FN2O4. The molecule has 0 aliphatic carbocycles. The van der Waals surface area contributed by atoms with Crippen molar-refractivity contribution in [1.29, 1.82) is 0 Å². The molecule has 28 heavy (non-hydrogen) atoms. The number of rotatable bonds is 6. The van der Waals surface area contributed by atoms with Gasteiger partial charge in [0.1, 0.15) is 11.5 Å². The number of carbonyl (C=O) groups excluding carboxylic acids is 3. The molecule has 0 unspecified atom stereocenters. The zero-order chi connectivity index (χ0) is 21.2. The maximum atomic E-state index is 13.5. The van der Waals surface area contributed by atoms with E-state index < -0.39 is 17.7 Å². The summed E-state index contributed by atoms with van der Waals surface area (Å²) in [6.45, 7) is 8.73. The van der Waals surface area contributed by atoms with Crippen LogP contribution in [0.5, 0.6) is 0 Å². The number of hydrogen-bond donors (Lipinski definition) is 1. The molecule has 7 heteroatoms. The molecule has 1 heterocycles. The van der Waals surface area contributed by atoms with E-state index in [0.29, 0.717) is 28.1 Å². The molecule has 2 aromatic rings. The van der Waals surface area contributed by atoms with Gasteiger partial charge in [-0.15, -0.1) is 0 Å². The molecule has 1 amide bonds. The molecule has 0 aliphatic heterocycles. The van der Waals surface area contributed by atoms with Crippen LogP contribution in [-0.4, -0.2) is 28.8 Å². The summed E-state index contributed by atoms with van der Waals surface area (Å²) in [5.41, 5.74) is 2.33. The molecule has 2 rings (SSSR count). The lowest BCUT2D eigenvalue weighted by Crippen LogP contribution is -2.21. The van der Waals surface area contributed by atoms with Crippen LogP contribution < -0.4 is 5.32 Å². The van der Waals surface area contributed by atoms with E-state index in [1.165, 1.54) is 18.2 Å². The summed E-state index contributed by atoms with van der Waals surface area (Å²) in [4.78, 5) is 37.5. The Labute approximate surface area is 163 Å². The molecule has 0 saturated carbocycles. The van der Waals surface area contributed by atoms with Gasteiger partial charge in [0.2, 0.25) is 0 Å². The highest BCUT2D eigenvalue weighted by molar-refractivity contribution is 6.40. The number of Topliss-reactive ketones (excluding diaryl/α,β-unsaturated/α-hetero) is 1. The molecule has 0 spiro atoms. The van der Waals surface area contributed by atoms with E-state index in [2.05, 4.69) is 5.32 Å². The molecule has 0 radical (unpaired) electrons. The lowest BCUT2D eigenvalue weighted by molar-refractivity contribution is -0.137. The average Bonchev–Trinajstić information content (AvgIpc) is 2.88. The Morgan fingerprint density at radius 1 is 1.21 bits per heavy atom. The molecule has 1 N–H and O–H groups in total. The smallest absolute Gasteiger partial charge is 0.381 e. The normalized spacial score (nSPS) is 10.9. The first-order valence-electron chi connectivity index (χ1n) is 9.08. The third-order valence-electron chi connectivity index (χ3n) is 4.55. The molecule has 0 atom stereocenters. The number of nitrogens with one attached hydrogen (secondary N) is 1. The second kappa shape index (κ2) is 8.37. The topological polar surface area (TPSA) is 77.4 Å². The number of carbonyl (C=O) groups is 3. The second-order valence-electron chi connectivity index (χ2n) is 6.92. The minimum Gasteiger partial charge on any atom is -0.460 e. The quantitative estimate of drug-likeness (QED) is 0.462. The third kappa shape index (κ3) is 3.98. The average molecular weight is 388 g/mol. The van der Waals surface area contributed by atoms with E-state index in [-0.39, 0.29) is 24.0 Å². The zero-order valence-electron chi connectivity index (χ0n) is 17.0. The summed E-state index contributed by atoms with van der Waals surface area (Å²) in [5, 5.41) is 2.75. The lowest BCUT2D eigenvalue weighted by Gasteiger charge is -2.13. The van der Waals surface area contributed by atoms with Crippen LogP contribution >= 0.6 is 0 Å². The Morgan fingerprint density at radius 2 is 1.86 bits per heavy atom. The first kappa shape index (κ1) is 21.3. The Bertz CT molecular complexity index is 944. The fraction of sp³-hybridized carbons (Fsp3) is 0.381. The van der Waals surface area contributed by atoms with Gasteiger partial charge in [-0.25, -0.2) is 9.18 Å². The van der Waals surface area contributed by atoms with E-state index in [0.717, 1.165) is 0 Å². The summed E-state index contributed by atoms with van der Waals surface area (Å²) in [6.07, 6.45) is 0. The van der Waals surface area contributed by atoms with Crippen molar-refractivity contribution in [2.24, 2.45) is 7.05 Å². The van der Waals surface area contributed by atoms with E-state index in [9.17, 15) is 18.8 Å². The molecule has 6 nitrogen and oxygen atoms in total. The number of benzene rings is 1. The van der Waals surface area contributed by atoms with Gasteiger partial charge in [-0.3, -0.25) is 9.59 Å². The lowest BCUT2D eigenvalue weighted by atomic mass is 10.0. The van der Waals surface area contributed by atoms with Crippen LogP contribution in [0.3, 0.4) is 0 Å². The van der Waals surface area contributed by atoms with Crippen molar-refractivity contribution in [2.45, 2.75) is 40.5 Å². The van der Waals surface area contributed by atoms with Gasteiger partial charge < -0.3 is 14.6 Å². The van der Waals surface area contributed by atoms with Crippen molar-refractivity contribution in [3.63, 3.8) is 0 Å². The van der Waals surface area contributed by atoms with Gasteiger partial charge in [-0.1, -0.05) is 13.8 Å². The monoisotopic (exact) mass is 388 g/mol. The van der Waals surface area contributed by atoms with Crippen molar-refractivity contribution in [3.05, 3.63) is 52.1 Å². The van der Waals surface area contributed by atoms with Gasteiger partial charge in [0.05, 0.1) is 12.2 Å². The van der Waals surface area contributed by atoms with E-state index in [1.807, 2.05) is 13.8 Å². The SMILES string of the molecule is CCOC(=O)C(=O)c1c(C)c(C(=O)Nc2ccc(F)c(C)c2)c(C(C)C)n1C. The standard InChI is InChI=1S/C21H25FN2O4/c1-7-28-21(27)19(25)18-13(5)16(17(11(2)3)24(18)6)20(26)23-14-8-9-15(22)12(4)10-14/h8-11H,7H2,1-6H3,(H,23,26). The summed E-state index contributed by atoms with van der Waals surface area (Å²) in [7, 11) is 1.65. The highest BCUT2D eigenvalue weighted by Crippen LogP contribution is 2.29. The summed E-state index contributed by atoms with van der Waals surface area (Å²) in [6, 6.07) is 4.28. The van der Waals surface area contributed by atoms with Crippen molar-refractivity contribution >= 4 is 23.3 Å². The minimum atomic E-state index is -0.956. The van der Waals surface area contributed by atoms with Gasteiger partial charge in [-0.05, 0) is 56.0 Å². The van der Waals surface area contributed by atoms with E-state index in [4.69, 9.17) is 4.74 Å². The number of anilines is 1. The maximum absolute atomic E-state index is 13.5. The molecule has 0 saturated heterocycles. The predicted octanol–water partition coefficient (Wildman–Crippen LogP) is 3.90. The van der Waals surface area contributed by atoms with Crippen molar-refractivity contribution in [2.75, 3.05) is 11.9 Å². The van der Waals surface area contributed by atoms with Crippen LogP contribution in [0, 0.1) is 19.7 Å². The Kier molecular flexibility index (Phi) is 6.38. The molecule has 0 aliphatic rings. The van der Waals surface area contributed by atoms with Crippen LogP contribution in [0.2, 0.25) is 0 Å². The van der Waals surface area contributed by atoms with Crippen molar-refractivity contribution in [1.82, 2.24) is 4.57 Å². The largest absolute Gasteiger partial charge is 0.460 e. The second-order valence-corrected chi connectivity index (χ2v) is 6.92. The number of amides is 1. The van der Waals surface area contributed by atoms with Crippen LogP contribution in [0.1, 0.15) is 64.4 Å². The molecule has 1 aromatic heterocycles. The summed E-state index contributed by atoms with van der Waals surface area (Å²) in [5.74, 6) is -2.61. The minimum absolute atomic E-state index is 0.0804.